The molecule has 1 fully saturated rings. The molecule has 140 valence electrons. The predicted octanol–water partition coefficient (Wildman–Crippen LogP) is 3.83. The van der Waals surface area contributed by atoms with Gasteiger partial charge in [0.05, 0.1) is 30.4 Å². The van der Waals surface area contributed by atoms with Crippen molar-refractivity contribution in [3.8, 4) is 0 Å². The van der Waals surface area contributed by atoms with E-state index in [2.05, 4.69) is 17.2 Å². The molecule has 2 amide bonds. The van der Waals surface area contributed by atoms with E-state index in [1.165, 1.54) is 12.1 Å². The minimum absolute atomic E-state index is 0.106. The molecule has 1 N–H and O–H groups in total. The van der Waals surface area contributed by atoms with E-state index in [-0.39, 0.29) is 18.0 Å². The lowest BCUT2D eigenvalue weighted by Gasteiger charge is -2.33. The van der Waals surface area contributed by atoms with Gasteiger partial charge in [0, 0.05) is 11.4 Å². The second-order valence-electron chi connectivity index (χ2n) is 6.38. The van der Waals surface area contributed by atoms with Gasteiger partial charge < -0.3 is 15.0 Å². The number of thiazole rings is 1. The molecule has 1 aliphatic rings. The largest absolute Gasteiger partial charge is 0.370 e. The molecule has 1 aromatic carbocycles. The molecule has 1 aliphatic heterocycles. The SMILES string of the molecule is CCCc1nc(C)c(CNC(=O)N2CCOC(c3ccc(F)cc3)C2)s1. The molecule has 0 radical (unpaired) electrons. The maximum absolute atomic E-state index is 13.1. The van der Waals surface area contributed by atoms with Gasteiger partial charge in [0.2, 0.25) is 0 Å². The maximum Gasteiger partial charge on any atom is 0.317 e. The second-order valence-corrected chi connectivity index (χ2v) is 7.55. The summed E-state index contributed by atoms with van der Waals surface area (Å²) in [6.07, 6.45) is 1.82. The highest BCUT2D eigenvalue weighted by atomic mass is 32.1. The molecule has 0 aliphatic carbocycles. The van der Waals surface area contributed by atoms with Gasteiger partial charge in [0.15, 0.2) is 0 Å². The summed E-state index contributed by atoms with van der Waals surface area (Å²) in [5, 5.41) is 4.11. The molecule has 0 bridgehead atoms. The zero-order valence-electron chi connectivity index (χ0n) is 15.1. The van der Waals surface area contributed by atoms with Crippen molar-refractivity contribution in [2.75, 3.05) is 19.7 Å². The van der Waals surface area contributed by atoms with Crippen molar-refractivity contribution < 1.29 is 13.9 Å². The highest BCUT2D eigenvalue weighted by Crippen LogP contribution is 2.23. The fourth-order valence-corrected chi connectivity index (χ4v) is 4.06. The monoisotopic (exact) mass is 377 g/mol. The molecule has 0 spiro atoms. The zero-order chi connectivity index (χ0) is 18.5. The Labute approximate surface area is 157 Å². The number of aromatic nitrogens is 1. The van der Waals surface area contributed by atoms with E-state index in [9.17, 15) is 9.18 Å². The number of morpholine rings is 1. The van der Waals surface area contributed by atoms with E-state index in [0.29, 0.717) is 26.2 Å². The van der Waals surface area contributed by atoms with Crippen LogP contribution in [0, 0.1) is 12.7 Å². The van der Waals surface area contributed by atoms with Crippen molar-refractivity contribution >= 4 is 17.4 Å². The van der Waals surface area contributed by atoms with E-state index in [1.807, 2.05) is 6.92 Å². The highest BCUT2D eigenvalue weighted by Gasteiger charge is 2.25. The zero-order valence-corrected chi connectivity index (χ0v) is 15.9. The summed E-state index contributed by atoms with van der Waals surface area (Å²) in [7, 11) is 0. The van der Waals surface area contributed by atoms with Crippen LogP contribution in [0.15, 0.2) is 24.3 Å². The van der Waals surface area contributed by atoms with E-state index in [0.717, 1.165) is 34.0 Å². The topological polar surface area (TPSA) is 54.5 Å². The first-order valence-electron chi connectivity index (χ1n) is 8.92. The lowest BCUT2D eigenvalue weighted by molar-refractivity contribution is -0.0155. The quantitative estimate of drug-likeness (QED) is 0.862. The van der Waals surface area contributed by atoms with E-state index < -0.39 is 0 Å². The van der Waals surface area contributed by atoms with Crippen LogP contribution in [0.5, 0.6) is 0 Å². The third-order valence-electron chi connectivity index (χ3n) is 4.40. The smallest absolute Gasteiger partial charge is 0.317 e. The Morgan fingerprint density at radius 1 is 1.42 bits per heavy atom. The van der Waals surface area contributed by atoms with Crippen LogP contribution < -0.4 is 5.32 Å². The molecule has 2 heterocycles. The van der Waals surface area contributed by atoms with Crippen LogP contribution in [0.4, 0.5) is 9.18 Å². The van der Waals surface area contributed by atoms with E-state index in [4.69, 9.17) is 4.74 Å². The molecule has 1 aromatic heterocycles. The number of carbonyl (C=O) groups excluding carboxylic acids is 1. The van der Waals surface area contributed by atoms with Crippen LogP contribution >= 0.6 is 11.3 Å². The van der Waals surface area contributed by atoms with Crippen LogP contribution in [0.1, 0.15) is 40.6 Å². The van der Waals surface area contributed by atoms with Crippen molar-refractivity contribution in [2.24, 2.45) is 0 Å². The molecule has 2 aromatic rings. The van der Waals surface area contributed by atoms with E-state index in [1.54, 1.807) is 28.4 Å². The fraction of sp³-hybridized carbons (Fsp3) is 0.474. The summed E-state index contributed by atoms with van der Waals surface area (Å²) in [6.45, 7) is 6.08. The van der Waals surface area contributed by atoms with Gasteiger partial charge in [0.1, 0.15) is 11.9 Å². The number of aryl methyl sites for hydroxylation is 2. The number of nitrogens with one attached hydrogen (secondary N) is 1. The van der Waals surface area contributed by atoms with Crippen molar-refractivity contribution in [1.82, 2.24) is 15.2 Å². The first-order valence-corrected chi connectivity index (χ1v) is 9.73. The number of halogens is 1. The first kappa shape index (κ1) is 18.8. The van der Waals surface area contributed by atoms with Crippen molar-refractivity contribution in [3.05, 3.63) is 51.2 Å². The molecular weight excluding hydrogens is 353 g/mol. The number of rotatable bonds is 5. The maximum atomic E-state index is 13.1. The summed E-state index contributed by atoms with van der Waals surface area (Å²) in [5.74, 6) is -0.276. The molecule has 26 heavy (non-hydrogen) atoms. The van der Waals surface area contributed by atoms with Gasteiger partial charge in [-0.25, -0.2) is 14.2 Å². The third-order valence-corrected chi connectivity index (χ3v) is 5.61. The van der Waals surface area contributed by atoms with Crippen LogP contribution in [-0.4, -0.2) is 35.6 Å². The number of benzene rings is 1. The molecule has 0 saturated carbocycles. The molecule has 7 heteroatoms. The Balaban J connectivity index is 1.56. The molecular formula is C19H24FN3O2S. The molecule has 1 saturated heterocycles. The molecule has 1 unspecified atom stereocenters. The van der Waals surface area contributed by atoms with E-state index >= 15 is 0 Å². The number of urea groups is 1. The Morgan fingerprint density at radius 3 is 2.92 bits per heavy atom. The Kier molecular flexibility index (Phi) is 6.21. The Morgan fingerprint density at radius 2 is 2.19 bits per heavy atom. The van der Waals surface area contributed by atoms with Gasteiger partial charge in [0.25, 0.3) is 0 Å². The van der Waals surface area contributed by atoms with Gasteiger partial charge in [-0.3, -0.25) is 0 Å². The molecule has 3 rings (SSSR count). The number of hydrogen-bond acceptors (Lipinski definition) is 4. The van der Waals surface area contributed by atoms with Crippen LogP contribution in [0.25, 0.3) is 0 Å². The Hall–Kier alpha value is -1.99. The van der Waals surface area contributed by atoms with Crippen molar-refractivity contribution in [2.45, 2.75) is 39.3 Å². The van der Waals surface area contributed by atoms with Crippen molar-refractivity contribution in [3.63, 3.8) is 0 Å². The molecule has 1 atom stereocenters. The summed E-state index contributed by atoms with van der Waals surface area (Å²) in [5.41, 5.74) is 1.87. The number of ether oxygens (including phenoxy) is 1. The fourth-order valence-electron chi connectivity index (χ4n) is 2.95. The standard InChI is InChI=1S/C19H24FN3O2S/c1-3-4-18-22-13(2)17(26-18)11-21-19(24)23-9-10-25-16(12-23)14-5-7-15(20)8-6-14/h5-8,16H,3-4,9-12H2,1-2H3,(H,21,24). The Bertz CT molecular complexity index is 748. The van der Waals surface area contributed by atoms with Crippen LogP contribution in [0.3, 0.4) is 0 Å². The summed E-state index contributed by atoms with van der Waals surface area (Å²) in [4.78, 5) is 19.9. The number of carbonyl (C=O) groups is 1. The predicted molar refractivity (Wildman–Crippen MR) is 99.7 cm³/mol. The number of amides is 2. The summed E-state index contributed by atoms with van der Waals surface area (Å²) in [6, 6.07) is 6.13. The number of nitrogens with zero attached hydrogens (tertiary/aromatic N) is 2. The average Bonchev–Trinajstić information content (AvgIpc) is 3.00. The average molecular weight is 377 g/mol. The van der Waals surface area contributed by atoms with Crippen LogP contribution in [-0.2, 0) is 17.7 Å². The summed E-state index contributed by atoms with van der Waals surface area (Å²) < 4.78 is 18.8. The minimum Gasteiger partial charge on any atom is -0.370 e. The third kappa shape index (κ3) is 4.59. The van der Waals surface area contributed by atoms with Gasteiger partial charge in [-0.15, -0.1) is 11.3 Å². The number of hydrogen-bond donors (Lipinski definition) is 1. The normalized spacial score (nSPS) is 17.3. The minimum atomic E-state index is -0.276. The van der Waals surface area contributed by atoms with Gasteiger partial charge in [-0.2, -0.15) is 0 Å². The van der Waals surface area contributed by atoms with Gasteiger partial charge in [-0.05, 0) is 37.5 Å². The molecule has 5 nitrogen and oxygen atoms in total. The van der Waals surface area contributed by atoms with Crippen molar-refractivity contribution in [1.29, 1.82) is 0 Å². The summed E-state index contributed by atoms with van der Waals surface area (Å²) >= 11 is 1.67. The van der Waals surface area contributed by atoms with Crippen LogP contribution in [0.2, 0.25) is 0 Å². The highest BCUT2D eigenvalue weighted by molar-refractivity contribution is 7.11. The second kappa shape index (κ2) is 8.60. The first-order chi connectivity index (χ1) is 12.6. The van der Waals surface area contributed by atoms with Gasteiger partial charge >= 0.3 is 6.03 Å². The van der Waals surface area contributed by atoms with Gasteiger partial charge in [-0.1, -0.05) is 19.1 Å². The lowest BCUT2D eigenvalue weighted by atomic mass is 10.1. The lowest BCUT2D eigenvalue weighted by Crippen LogP contribution is -2.46.